The van der Waals surface area contributed by atoms with Crippen LogP contribution in [0.5, 0.6) is 0 Å². The van der Waals surface area contributed by atoms with Crippen LogP contribution in [0, 0.1) is 6.92 Å². The molecule has 0 aliphatic rings. The second kappa shape index (κ2) is 3.81. The first-order valence-electron chi connectivity index (χ1n) is 4.13. The first-order chi connectivity index (χ1) is 6.81. The van der Waals surface area contributed by atoms with Gasteiger partial charge in [-0.1, -0.05) is 4.49 Å². The number of nitrogens with zero attached hydrogens (tertiary/aromatic N) is 4. The quantitative estimate of drug-likeness (QED) is 0.790. The van der Waals surface area contributed by atoms with Gasteiger partial charge in [-0.3, -0.25) is 0 Å². The van der Waals surface area contributed by atoms with Crippen molar-refractivity contribution in [1.82, 2.24) is 19.8 Å². The van der Waals surface area contributed by atoms with Crippen LogP contribution in [0.2, 0.25) is 0 Å². The fourth-order valence-electron chi connectivity index (χ4n) is 0.998. The molecule has 0 bridgehead atoms. The third-order valence-corrected chi connectivity index (χ3v) is 2.49. The molecule has 74 valence electrons. The third-order valence-electron chi connectivity index (χ3n) is 1.67. The Balaban J connectivity index is 2.29. The topological polar surface area (TPSA) is 90.7 Å². The van der Waals surface area contributed by atoms with Crippen molar-refractivity contribution in [1.29, 1.82) is 0 Å². The summed E-state index contributed by atoms with van der Waals surface area (Å²) in [6, 6.07) is 0. The lowest BCUT2D eigenvalue weighted by Gasteiger charge is -1.88. The zero-order valence-electron chi connectivity index (χ0n) is 7.60. The predicted molar refractivity (Wildman–Crippen MR) is 50.7 cm³/mol. The minimum Gasteiger partial charge on any atom is -0.420 e. The largest absolute Gasteiger partial charge is 0.420 e. The molecule has 6 nitrogen and oxygen atoms in total. The summed E-state index contributed by atoms with van der Waals surface area (Å²) in [7, 11) is 0. The van der Waals surface area contributed by atoms with Gasteiger partial charge >= 0.3 is 0 Å². The van der Waals surface area contributed by atoms with Crippen molar-refractivity contribution in [3.05, 3.63) is 11.6 Å². The smallest absolute Gasteiger partial charge is 0.261 e. The molecule has 2 heterocycles. The van der Waals surface area contributed by atoms with Crippen molar-refractivity contribution in [3.8, 4) is 10.8 Å². The monoisotopic (exact) mass is 211 g/mol. The minimum atomic E-state index is 0.473. The second-order valence-corrected chi connectivity index (χ2v) is 3.48. The van der Waals surface area contributed by atoms with Crippen molar-refractivity contribution >= 4 is 11.5 Å². The summed E-state index contributed by atoms with van der Waals surface area (Å²) in [6.45, 7) is 2.35. The van der Waals surface area contributed by atoms with Crippen LogP contribution < -0.4 is 5.73 Å². The molecule has 14 heavy (non-hydrogen) atoms. The van der Waals surface area contributed by atoms with E-state index < -0.39 is 0 Å². The van der Waals surface area contributed by atoms with Gasteiger partial charge in [-0.05, 0) is 18.5 Å². The predicted octanol–water partition coefficient (Wildman–Crippen LogP) is 0.398. The SMILES string of the molecule is Cc1nnsc1-c1nnc(CCN)o1. The molecule has 7 heteroatoms. The van der Waals surface area contributed by atoms with Crippen molar-refractivity contribution in [2.24, 2.45) is 5.73 Å². The molecule has 0 atom stereocenters. The standard InChI is InChI=1S/C7H9N5OS/c1-4-6(14-12-9-4)7-11-10-5(13-7)2-3-8/h2-3,8H2,1H3. The van der Waals surface area contributed by atoms with Crippen molar-refractivity contribution in [2.45, 2.75) is 13.3 Å². The van der Waals surface area contributed by atoms with Crippen molar-refractivity contribution in [2.75, 3.05) is 6.54 Å². The van der Waals surface area contributed by atoms with Crippen LogP contribution >= 0.6 is 11.5 Å². The average Bonchev–Trinajstić information content (AvgIpc) is 2.74. The first-order valence-corrected chi connectivity index (χ1v) is 4.90. The van der Waals surface area contributed by atoms with Gasteiger partial charge in [0, 0.05) is 13.0 Å². The Hall–Kier alpha value is -1.34. The summed E-state index contributed by atoms with van der Waals surface area (Å²) in [5.41, 5.74) is 6.17. The summed E-state index contributed by atoms with van der Waals surface area (Å²) in [5, 5.41) is 11.6. The lowest BCUT2D eigenvalue weighted by atomic mass is 10.4. The molecule has 2 aromatic rings. The Morgan fingerprint density at radius 2 is 2.21 bits per heavy atom. The molecule has 0 unspecified atom stereocenters. The van der Waals surface area contributed by atoms with E-state index in [9.17, 15) is 0 Å². The van der Waals surface area contributed by atoms with Gasteiger partial charge in [0.2, 0.25) is 5.89 Å². The van der Waals surface area contributed by atoms with E-state index in [1.807, 2.05) is 6.92 Å². The van der Waals surface area contributed by atoms with Crippen LogP contribution in [0.4, 0.5) is 0 Å². The molecule has 2 aromatic heterocycles. The van der Waals surface area contributed by atoms with E-state index in [1.165, 1.54) is 11.5 Å². The average molecular weight is 211 g/mol. The zero-order valence-corrected chi connectivity index (χ0v) is 8.41. The fourth-order valence-corrected chi connectivity index (χ4v) is 1.58. The van der Waals surface area contributed by atoms with Crippen LogP contribution in [0.1, 0.15) is 11.6 Å². The lowest BCUT2D eigenvalue weighted by Crippen LogP contribution is -2.02. The van der Waals surface area contributed by atoms with Gasteiger partial charge in [0.25, 0.3) is 5.89 Å². The van der Waals surface area contributed by atoms with Crippen LogP contribution in [0.3, 0.4) is 0 Å². The lowest BCUT2D eigenvalue weighted by molar-refractivity contribution is 0.508. The summed E-state index contributed by atoms with van der Waals surface area (Å²) in [6.07, 6.45) is 0.596. The van der Waals surface area contributed by atoms with E-state index in [2.05, 4.69) is 19.8 Å². The molecule has 2 N–H and O–H groups in total. The Morgan fingerprint density at radius 3 is 2.86 bits per heavy atom. The highest BCUT2D eigenvalue weighted by molar-refractivity contribution is 7.09. The summed E-state index contributed by atoms with van der Waals surface area (Å²) in [5.74, 6) is 1.02. The molecular formula is C7H9N5OS. The number of aryl methyl sites for hydroxylation is 1. The summed E-state index contributed by atoms with van der Waals surface area (Å²) < 4.78 is 9.17. The Kier molecular flexibility index (Phi) is 2.51. The van der Waals surface area contributed by atoms with E-state index in [0.717, 1.165) is 10.6 Å². The molecule has 0 spiro atoms. The van der Waals surface area contributed by atoms with Gasteiger partial charge in [-0.2, -0.15) is 0 Å². The van der Waals surface area contributed by atoms with Crippen LogP contribution in [-0.4, -0.2) is 26.3 Å². The van der Waals surface area contributed by atoms with Crippen LogP contribution in [0.15, 0.2) is 4.42 Å². The number of aromatic nitrogens is 4. The third kappa shape index (κ3) is 1.64. The van der Waals surface area contributed by atoms with E-state index in [1.54, 1.807) is 0 Å². The molecule has 0 fully saturated rings. The van der Waals surface area contributed by atoms with Gasteiger partial charge in [-0.15, -0.1) is 15.3 Å². The number of hydrogen-bond acceptors (Lipinski definition) is 7. The van der Waals surface area contributed by atoms with Crippen LogP contribution in [0.25, 0.3) is 10.8 Å². The highest BCUT2D eigenvalue weighted by Gasteiger charge is 2.13. The molecule has 0 saturated heterocycles. The molecule has 2 rings (SSSR count). The van der Waals surface area contributed by atoms with Crippen LogP contribution in [-0.2, 0) is 6.42 Å². The molecule has 0 aliphatic carbocycles. The van der Waals surface area contributed by atoms with E-state index in [4.69, 9.17) is 10.2 Å². The maximum absolute atomic E-state index is 5.38. The Labute approximate surface area is 84.3 Å². The van der Waals surface area contributed by atoms with E-state index in [-0.39, 0.29) is 0 Å². The summed E-state index contributed by atoms with van der Waals surface area (Å²) >= 11 is 1.25. The minimum absolute atomic E-state index is 0.473. The highest BCUT2D eigenvalue weighted by atomic mass is 32.1. The van der Waals surface area contributed by atoms with Gasteiger partial charge in [0.15, 0.2) is 0 Å². The molecule has 0 amide bonds. The van der Waals surface area contributed by atoms with E-state index in [0.29, 0.717) is 24.7 Å². The van der Waals surface area contributed by atoms with Gasteiger partial charge < -0.3 is 10.2 Å². The molecule has 0 saturated carbocycles. The normalized spacial score (nSPS) is 10.7. The first kappa shape index (κ1) is 9.22. The van der Waals surface area contributed by atoms with Crippen molar-refractivity contribution < 1.29 is 4.42 Å². The van der Waals surface area contributed by atoms with E-state index >= 15 is 0 Å². The zero-order chi connectivity index (χ0) is 9.97. The fraction of sp³-hybridized carbons (Fsp3) is 0.429. The molecule has 0 aliphatic heterocycles. The van der Waals surface area contributed by atoms with Gasteiger partial charge in [0.05, 0.1) is 5.69 Å². The highest BCUT2D eigenvalue weighted by Crippen LogP contribution is 2.23. The molecular weight excluding hydrogens is 202 g/mol. The van der Waals surface area contributed by atoms with Gasteiger partial charge in [0.1, 0.15) is 4.88 Å². The van der Waals surface area contributed by atoms with Gasteiger partial charge in [-0.25, -0.2) is 0 Å². The molecule has 0 aromatic carbocycles. The Bertz CT molecular complexity index is 423. The molecule has 0 radical (unpaired) electrons. The maximum atomic E-state index is 5.38. The number of rotatable bonds is 3. The summed E-state index contributed by atoms with van der Waals surface area (Å²) in [4.78, 5) is 0.820. The van der Waals surface area contributed by atoms with Crippen molar-refractivity contribution in [3.63, 3.8) is 0 Å². The number of nitrogens with two attached hydrogens (primary N) is 1. The Morgan fingerprint density at radius 1 is 1.36 bits per heavy atom. The number of hydrogen-bond donors (Lipinski definition) is 1. The second-order valence-electron chi connectivity index (χ2n) is 2.73. The maximum Gasteiger partial charge on any atom is 0.261 e.